The minimum absolute atomic E-state index is 0.138. The Morgan fingerprint density at radius 3 is 2.38 bits per heavy atom. The molecule has 0 unspecified atom stereocenters. The first kappa shape index (κ1) is 22.4. The maximum Gasteiger partial charge on any atom is 0.255 e. The summed E-state index contributed by atoms with van der Waals surface area (Å²) < 4.78 is 16.6. The average molecular weight is 421 g/mol. The molecular weight excluding hydrogens is 396 g/mol. The van der Waals surface area contributed by atoms with Gasteiger partial charge >= 0.3 is 0 Å². The Hall–Kier alpha value is -2.93. The predicted molar refractivity (Wildman–Crippen MR) is 112 cm³/mol. The van der Waals surface area contributed by atoms with E-state index in [1.807, 2.05) is 13.8 Å². The third-order valence-electron chi connectivity index (χ3n) is 3.75. The van der Waals surface area contributed by atoms with Crippen LogP contribution < -0.4 is 25.3 Å². The molecule has 2 aromatic carbocycles. The summed E-state index contributed by atoms with van der Waals surface area (Å²) in [5.74, 6) is 0.673. The number of amides is 2. The summed E-state index contributed by atoms with van der Waals surface area (Å²) >= 11 is 6.31. The third-order valence-corrected chi connectivity index (χ3v) is 4.03. The number of carbonyl (C=O) groups excluding carboxylic acids is 2. The van der Waals surface area contributed by atoms with Gasteiger partial charge < -0.3 is 25.3 Å². The van der Waals surface area contributed by atoms with Crippen molar-refractivity contribution in [2.45, 2.75) is 26.7 Å². The molecular formula is C21H25ClN2O5. The maximum absolute atomic E-state index is 12.6. The van der Waals surface area contributed by atoms with Crippen molar-refractivity contribution in [3.05, 3.63) is 47.0 Å². The Kier molecular flexibility index (Phi) is 8.61. The molecule has 0 heterocycles. The van der Waals surface area contributed by atoms with Crippen molar-refractivity contribution in [3.8, 4) is 17.2 Å². The lowest BCUT2D eigenvalue weighted by Gasteiger charge is -2.15. The summed E-state index contributed by atoms with van der Waals surface area (Å²) in [6.45, 7) is 4.95. The Morgan fingerprint density at radius 1 is 1.03 bits per heavy atom. The highest BCUT2D eigenvalue weighted by Crippen LogP contribution is 2.37. The van der Waals surface area contributed by atoms with Gasteiger partial charge in [0.15, 0.2) is 11.5 Å². The number of halogens is 1. The molecule has 0 atom stereocenters. The maximum atomic E-state index is 12.6. The highest BCUT2D eigenvalue weighted by atomic mass is 35.5. The smallest absolute Gasteiger partial charge is 0.255 e. The molecule has 0 aliphatic carbocycles. The summed E-state index contributed by atoms with van der Waals surface area (Å²) in [6, 6.07) is 9.93. The first-order chi connectivity index (χ1) is 13.9. The highest BCUT2D eigenvalue weighted by molar-refractivity contribution is 6.32. The number of hydrogen-bond donors (Lipinski definition) is 2. The quantitative estimate of drug-likeness (QED) is 0.571. The van der Waals surface area contributed by atoms with Crippen LogP contribution in [0.15, 0.2) is 36.4 Å². The van der Waals surface area contributed by atoms with E-state index in [0.717, 1.165) is 6.42 Å². The van der Waals surface area contributed by atoms with E-state index in [1.54, 1.807) is 36.4 Å². The molecule has 29 heavy (non-hydrogen) atoms. The van der Waals surface area contributed by atoms with Gasteiger partial charge in [-0.2, -0.15) is 0 Å². The van der Waals surface area contributed by atoms with E-state index in [1.165, 1.54) is 0 Å². The molecule has 0 bridgehead atoms. The number of ether oxygens (including phenoxy) is 3. The van der Waals surface area contributed by atoms with Gasteiger partial charge in [0.2, 0.25) is 5.91 Å². The number of hydrogen-bond acceptors (Lipinski definition) is 5. The summed E-state index contributed by atoms with van der Waals surface area (Å²) in [7, 11) is 0. The average Bonchev–Trinajstić information content (AvgIpc) is 2.68. The lowest BCUT2D eigenvalue weighted by atomic mass is 10.1. The number of nitrogens with two attached hydrogens (primary N) is 1. The first-order valence-electron chi connectivity index (χ1n) is 9.36. The molecule has 0 spiro atoms. The minimum Gasteiger partial charge on any atom is -0.493 e. The fourth-order valence-electron chi connectivity index (χ4n) is 2.41. The second kappa shape index (κ2) is 11.2. The van der Waals surface area contributed by atoms with E-state index in [2.05, 4.69) is 5.32 Å². The topological polar surface area (TPSA) is 99.9 Å². The zero-order valence-electron chi connectivity index (χ0n) is 16.5. The highest BCUT2D eigenvalue weighted by Gasteiger charge is 2.16. The summed E-state index contributed by atoms with van der Waals surface area (Å²) in [6.07, 6.45) is 0.964. The molecule has 8 heteroatoms. The Bertz CT molecular complexity index is 840. The zero-order chi connectivity index (χ0) is 21.2. The van der Waals surface area contributed by atoms with Crippen LogP contribution in [0.25, 0.3) is 0 Å². The second-order valence-corrected chi connectivity index (χ2v) is 6.52. The monoisotopic (exact) mass is 420 g/mol. The number of anilines is 1. The molecule has 0 radical (unpaired) electrons. The fourth-order valence-corrected chi connectivity index (χ4v) is 2.68. The van der Waals surface area contributed by atoms with E-state index in [9.17, 15) is 9.59 Å². The van der Waals surface area contributed by atoms with Crippen molar-refractivity contribution < 1.29 is 23.8 Å². The molecule has 0 fully saturated rings. The van der Waals surface area contributed by atoms with Crippen molar-refractivity contribution in [1.82, 2.24) is 0 Å². The van der Waals surface area contributed by atoms with Crippen LogP contribution in [0.2, 0.25) is 5.02 Å². The van der Waals surface area contributed by atoms with Gasteiger partial charge in [0, 0.05) is 11.3 Å². The van der Waals surface area contributed by atoms with Gasteiger partial charge in [-0.05, 0) is 49.7 Å². The summed E-state index contributed by atoms with van der Waals surface area (Å²) in [5.41, 5.74) is 6.00. The van der Waals surface area contributed by atoms with Crippen LogP contribution in [0.1, 0.15) is 37.0 Å². The molecule has 0 saturated carbocycles. The van der Waals surface area contributed by atoms with Crippen molar-refractivity contribution in [1.29, 1.82) is 0 Å². The van der Waals surface area contributed by atoms with Gasteiger partial charge in [-0.25, -0.2) is 0 Å². The van der Waals surface area contributed by atoms with Crippen LogP contribution in [0.4, 0.5) is 5.69 Å². The predicted octanol–water partition coefficient (Wildman–Crippen LogP) is 4.03. The molecule has 156 valence electrons. The van der Waals surface area contributed by atoms with Crippen LogP contribution in [0.3, 0.4) is 0 Å². The zero-order valence-corrected chi connectivity index (χ0v) is 17.3. The fraction of sp³-hybridized carbons (Fsp3) is 0.333. The van der Waals surface area contributed by atoms with Crippen LogP contribution >= 0.6 is 11.6 Å². The largest absolute Gasteiger partial charge is 0.493 e. The minimum atomic E-state index is -0.426. The van der Waals surface area contributed by atoms with Crippen molar-refractivity contribution in [2.75, 3.05) is 25.1 Å². The number of nitrogens with one attached hydrogen (secondary N) is 1. The van der Waals surface area contributed by atoms with E-state index in [-0.39, 0.29) is 18.9 Å². The molecule has 2 rings (SSSR count). The summed E-state index contributed by atoms with van der Waals surface area (Å²) in [4.78, 5) is 23.4. The molecule has 0 aliphatic heterocycles. The molecule has 3 N–H and O–H groups in total. The van der Waals surface area contributed by atoms with E-state index in [4.69, 9.17) is 31.5 Å². The molecule has 2 amide bonds. The van der Waals surface area contributed by atoms with Gasteiger partial charge in [0.25, 0.3) is 5.91 Å². The van der Waals surface area contributed by atoms with Crippen LogP contribution in [0.5, 0.6) is 17.2 Å². The van der Waals surface area contributed by atoms with Gasteiger partial charge in [0.1, 0.15) is 5.75 Å². The Labute approximate surface area is 175 Å². The van der Waals surface area contributed by atoms with Crippen LogP contribution in [-0.2, 0) is 4.79 Å². The van der Waals surface area contributed by atoms with Gasteiger partial charge in [0.05, 0.1) is 31.3 Å². The van der Waals surface area contributed by atoms with E-state index in [0.29, 0.717) is 46.7 Å². The molecule has 7 nitrogen and oxygen atoms in total. The van der Waals surface area contributed by atoms with E-state index < -0.39 is 5.91 Å². The molecule has 0 aromatic heterocycles. The van der Waals surface area contributed by atoms with Crippen molar-refractivity contribution in [2.24, 2.45) is 5.73 Å². The number of carbonyl (C=O) groups is 2. The lowest BCUT2D eigenvalue weighted by Crippen LogP contribution is -2.14. The van der Waals surface area contributed by atoms with Crippen molar-refractivity contribution in [3.63, 3.8) is 0 Å². The molecule has 0 aliphatic rings. The normalized spacial score (nSPS) is 10.3. The van der Waals surface area contributed by atoms with Crippen molar-refractivity contribution >= 4 is 29.1 Å². The van der Waals surface area contributed by atoms with E-state index >= 15 is 0 Å². The summed E-state index contributed by atoms with van der Waals surface area (Å²) in [5, 5.41) is 3.11. The van der Waals surface area contributed by atoms with Crippen LogP contribution in [0, 0.1) is 0 Å². The molecule has 0 saturated heterocycles. The van der Waals surface area contributed by atoms with Gasteiger partial charge in [-0.3, -0.25) is 9.59 Å². The van der Waals surface area contributed by atoms with Gasteiger partial charge in [-0.1, -0.05) is 18.5 Å². The molecule has 2 aromatic rings. The van der Waals surface area contributed by atoms with Crippen LogP contribution in [-0.4, -0.2) is 31.6 Å². The second-order valence-electron chi connectivity index (χ2n) is 6.11. The standard InChI is InChI=1S/C21H25ClN2O5/c1-3-10-29-20-17(22)12-14(13-18(20)27-4-2)21(26)24-15-5-7-16(8-6-15)28-11-9-19(23)25/h5-8,12-13H,3-4,9-11H2,1-2H3,(H2,23,25)(H,24,26). The number of primary amides is 1. The number of rotatable bonds is 11. The Balaban J connectivity index is 2.08. The number of benzene rings is 2. The third kappa shape index (κ3) is 6.87. The van der Waals surface area contributed by atoms with Gasteiger partial charge in [-0.15, -0.1) is 0 Å². The lowest BCUT2D eigenvalue weighted by molar-refractivity contribution is -0.118. The Morgan fingerprint density at radius 2 is 1.76 bits per heavy atom. The SMILES string of the molecule is CCCOc1c(Cl)cc(C(=O)Nc2ccc(OCCC(N)=O)cc2)cc1OCC. The first-order valence-corrected chi connectivity index (χ1v) is 9.74.